The topological polar surface area (TPSA) is 96.6 Å². The SMILES string of the molecule is COc1cc(Nc2nccc3nc(-c4c(Cl)cc(C#N)cc4Cl)sc23)ncn1. The van der Waals surface area contributed by atoms with Gasteiger partial charge in [-0.05, 0) is 18.2 Å². The molecule has 28 heavy (non-hydrogen) atoms. The zero-order valence-electron chi connectivity index (χ0n) is 14.3. The first-order valence-corrected chi connectivity index (χ1v) is 9.44. The molecule has 0 aliphatic heterocycles. The number of anilines is 2. The Kier molecular flexibility index (Phi) is 4.96. The Morgan fingerprint density at radius 1 is 1.14 bits per heavy atom. The molecule has 0 fully saturated rings. The van der Waals surface area contributed by atoms with Crippen molar-refractivity contribution >= 4 is 56.4 Å². The zero-order chi connectivity index (χ0) is 19.7. The number of halogens is 2. The molecule has 7 nitrogen and oxygen atoms in total. The average molecular weight is 429 g/mol. The summed E-state index contributed by atoms with van der Waals surface area (Å²) in [6.45, 7) is 0. The molecule has 3 heterocycles. The molecule has 0 radical (unpaired) electrons. The predicted molar refractivity (Wildman–Crippen MR) is 109 cm³/mol. The maximum Gasteiger partial charge on any atom is 0.218 e. The number of nitrogens with zero attached hydrogens (tertiary/aromatic N) is 5. The van der Waals surface area contributed by atoms with Crippen molar-refractivity contribution < 1.29 is 4.74 Å². The van der Waals surface area contributed by atoms with E-state index in [0.29, 0.717) is 43.7 Å². The molecule has 1 aromatic carbocycles. The molecule has 0 bridgehead atoms. The van der Waals surface area contributed by atoms with Crippen molar-refractivity contribution in [2.75, 3.05) is 12.4 Å². The van der Waals surface area contributed by atoms with Crippen LogP contribution in [0.2, 0.25) is 10.0 Å². The molecular formula is C18H10Cl2N6OS. The van der Waals surface area contributed by atoms with E-state index in [2.05, 4.69) is 25.3 Å². The predicted octanol–water partition coefficient (Wildman–Crippen LogP) is 5.08. The van der Waals surface area contributed by atoms with E-state index < -0.39 is 0 Å². The number of thiazole rings is 1. The highest BCUT2D eigenvalue weighted by Gasteiger charge is 2.17. The fourth-order valence-corrected chi connectivity index (χ4v) is 4.39. The third kappa shape index (κ3) is 3.43. The van der Waals surface area contributed by atoms with Crippen LogP contribution >= 0.6 is 34.5 Å². The number of aromatic nitrogens is 4. The lowest BCUT2D eigenvalue weighted by Gasteiger charge is -2.06. The molecule has 10 heteroatoms. The molecule has 4 aromatic rings. The van der Waals surface area contributed by atoms with Crippen molar-refractivity contribution in [1.82, 2.24) is 19.9 Å². The summed E-state index contributed by atoms with van der Waals surface area (Å²) in [6, 6.07) is 8.63. The molecule has 0 amide bonds. The Balaban J connectivity index is 1.79. The quantitative estimate of drug-likeness (QED) is 0.483. The average Bonchev–Trinajstić information content (AvgIpc) is 3.12. The van der Waals surface area contributed by atoms with Gasteiger partial charge in [-0.15, -0.1) is 11.3 Å². The third-order valence-electron chi connectivity index (χ3n) is 3.79. The lowest BCUT2D eigenvalue weighted by molar-refractivity contribution is 0.397. The van der Waals surface area contributed by atoms with Crippen LogP contribution in [0.1, 0.15) is 5.56 Å². The Bertz CT molecular complexity index is 1210. The summed E-state index contributed by atoms with van der Waals surface area (Å²) in [5, 5.41) is 13.6. The number of hydrogen-bond acceptors (Lipinski definition) is 8. The highest BCUT2D eigenvalue weighted by molar-refractivity contribution is 7.22. The third-order valence-corrected chi connectivity index (χ3v) is 5.48. The fraction of sp³-hybridized carbons (Fsp3) is 0.0556. The number of nitriles is 1. The Hall–Kier alpha value is -2.99. The Labute approximate surface area is 173 Å². The number of pyridine rings is 1. The second-order valence-electron chi connectivity index (χ2n) is 5.52. The van der Waals surface area contributed by atoms with Crippen molar-refractivity contribution in [2.45, 2.75) is 0 Å². The van der Waals surface area contributed by atoms with Gasteiger partial charge in [0.15, 0.2) is 5.82 Å². The van der Waals surface area contributed by atoms with Gasteiger partial charge < -0.3 is 10.1 Å². The normalized spacial score (nSPS) is 10.6. The van der Waals surface area contributed by atoms with Gasteiger partial charge >= 0.3 is 0 Å². The highest BCUT2D eigenvalue weighted by Crippen LogP contribution is 2.41. The van der Waals surface area contributed by atoms with Gasteiger partial charge in [-0.3, -0.25) is 0 Å². The van der Waals surface area contributed by atoms with Crippen LogP contribution in [0.4, 0.5) is 11.6 Å². The molecule has 0 aliphatic rings. The van der Waals surface area contributed by atoms with Crippen molar-refractivity contribution in [1.29, 1.82) is 5.26 Å². The molecule has 0 saturated heterocycles. The number of fused-ring (bicyclic) bond motifs is 1. The van der Waals surface area contributed by atoms with Crippen LogP contribution < -0.4 is 10.1 Å². The molecule has 3 aromatic heterocycles. The monoisotopic (exact) mass is 428 g/mol. The van der Waals surface area contributed by atoms with Gasteiger partial charge in [0.25, 0.3) is 0 Å². The van der Waals surface area contributed by atoms with E-state index in [4.69, 9.17) is 33.2 Å². The Morgan fingerprint density at radius 2 is 1.93 bits per heavy atom. The molecule has 138 valence electrons. The van der Waals surface area contributed by atoms with Crippen LogP contribution in [0, 0.1) is 11.3 Å². The van der Waals surface area contributed by atoms with Gasteiger partial charge in [0.2, 0.25) is 5.88 Å². The number of ether oxygens (including phenoxy) is 1. The first-order valence-electron chi connectivity index (χ1n) is 7.87. The minimum absolute atomic E-state index is 0.367. The zero-order valence-corrected chi connectivity index (χ0v) is 16.6. The lowest BCUT2D eigenvalue weighted by Crippen LogP contribution is -1.97. The molecule has 0 unspecified atom stereocenters. The van der Waals surface area contributed by atoms with Crippen LogP contribution in [0.25, 0.3) is 20.8 Å². The van der Waals surface area contributed by atoms with Gasteiger partial charge in [-0.1, -0.05) is 23.2 Å². The van der Waals surface area contributed by atoms with E-state index in [0.717, 1.165) is 10.2 Å². The lowest BCUT2D eigenvalue weighted by atomic mass is 10.1. The largest absolute Gasteiger partial charge is 0.481 e. The molecule has 4 rings (SSSR count). The summed E-state index contributed by atoms with van der Waals surface area (Å²) in [6.07, 6.45) is 3.05. The van der Waals surface area contributed by atoms with Crippen LogP contribution in [0.15, 0.2) is 36.8 Å². The van der Waals surface area contributed by atoms with Crippen molar-refractivity contribution in [3.05, 3.63) is 52.4 Å². The molecule has 0 spiro atoms. The summed E-state index contributed by atoms with van der Waals surface area (Å²) in [5.41, 5.74) is 1.70. The number of methoxy groups -OCH3 is 1. The van der Waals surface area contributed by atoms with Crippen LogP contribution in [0.3, 0.4) is 0 Å². The van der Waals surface area contributed by atoms with E-state index in [1.807, 2.05) is 6.07 Å². The van der Waals surface area contributed by atoms with E-state index in [1.165, 1.54) is 24.8 Å². The van der Waals surface area contributed by atoms with Crippen LogP contribution in [0.5, 0.6) is 5.88 Å². The maximum absolute atomic E-state index is 9.06. The second-order valence-corrected chi connectivity index (χ2v) is 7.34. The van der Waals surface area contributed by atoms with E-state index in [-0.39, 0.29) is 0 Å². The first-order chi connectivity index (χ1) is 13.6. The maximum atomic E-state index is 9.06. The number of rotatable bonds is 4. The molecule has 0 aliphatic carbocycles. The first kappa shape index (κ1) is 18.4. The van der Waals surface area contributed by atoms with Gasteiger partial charge in [0, 0.05) is 17.8 Å². The molecular weight excluding hydrogens is 419 g/mol. The van der Waals surface area contributed by atoms with Gasteiger partial charge in [-0.25, -0.2) is 19.9 Å². The van der Waals surface area contributed by atoms with Crippen LogP contribution in [-0.2, 0) is 0 Å². The summed E-state index contributed by atoms with van der Waals surface area (Å²) in [4.78, 5) is 17.2. The number of benzene rings is 1. The van der Waals surface area contributed by atoms with Crippen LogP contribution in [-0.4, -0.2) is 27.0 Å². The second kappa shape index (κ2) is 7.56. The number of nitrogens with one attached hydrogen (secondary N) is 1. The standard InChI is InChI=1S/C18H10Cl2N6OS/c1-27-14-6-13(23-8-24-14)26-17-16-12(2-3-22-17)25-18(28-16)15-10(19)4-9(7-21)5-11(15)20/h2-6,8H,1H3,(H,22,23,24,26). The summed E-state index contributed by atoms with van der Waals surface area (Å²) in [5.74, 6) is 1.56. The van der Waals surface area contributed by atoms with E-state index >= 15 is 0 Å². The number of hydrogen-bond donors (Lipinski definition) is 1. The molecule has 1 N–H and O–H groups in total. The van der Waals surface area contributed by atoms with Gasteiger partial charge in [0.05, 0.1) is 39.0 Å². The summed E-state index contributed by atoms with van der Waals surface area (Å²) < 4.78 is 5.93. The van der Waals surface area contributed by atoms with Crippen molar-refractivity contribution in [3.8, 4) is 22.5 Å². The summed E-state index contributed by atoms with van der Waals surface area (Å²) >= 11 is 14.1. The fourth-order valence-electron chi connectivity index (χ4n) is 2.53. The minimum atomic E-state index is 0.367. The highest BCUT2D eigenvalue weighted by atomic mass is 35.5. The summed E-state index contributed by atoms with van der Waals surface area (Å²) in [7, 11) is 1.53. The van der Waals surface area contributed by atoms with E-state index in [1.54, 1.807) is 30.5 Å². The van der Waals surface area contributed by atoms with E-state index in [9.17, 15) is 0 Å². The smallest absolute Gasteiger partial charge is 0.218 e. The van der Waals surface area contributed by atoms with Gasteiger partial charge in [-0.2, -0.15) is 5.26 Å². The van der Waals surface area contributed by atoms with Crippen molar-refractivity contribution in [3.63, 3.8) is 0 Å². The Morgan fingerprint density at radius 3 is 2.64 bits per heavy atom. The van der Waals surface area contributed by atoms with Gasteiger partial charge in [0.1, 0.15) is 17.2 Å². The van der Waals surface area contributed by atoms with Crippen molar-refractivity contribution in [2.24, 2.45) is 0 Å². The molecule has 0 atom stereocenters. The minimum Gasteiger partial charge on any atom is -0.481 e. The molecule has 0 saturated carbocycles.